The van der Waals surface area contributed by atoms with Crippen molar-refractivity contribution in [3.05, 3.63) is 59.7 Å². The van der Waals surface area contributed by atoms with Gasteiger partial charge in [-0.05, 0) is 53.6 Å². The van der Waals surface area contributed by atoms with Crippen LogP contribution in [0.4, 0.5) is 8.78 Å². The Morgan fingerprint density at radius 3 is 2.32 bits per heavy atom. The molecule has 2 aromatic rings. The maximum Gasteiger partial charge on any atom is 0.254 e. The highest BCUT2D eigenvalue weighted by molar-refractivity contribution is 5.95. The van der Waals surface area contributed by atoms with Crippen molar-refractivity contribution in [2.75, 3.05) is 13.2 Å². The third-order valence-corrected chi connectivity index (χ3v) is 4.13. The zero-order valence-electron chi connectivity index (χ0n) is 14.5. The van der Waals surface area contributed by atoms with E-state index in [1.54, 1.807) is 18.2 Å². The number of halogens is 2. The minimum absolute atomic E-state index is 0.0242. The number of amides is 1. The first-order valence-electron chi connectivity index (χ1n) is 8.27. The number of hydrogen-bond acceptors (Lipinski definition) is 2. The van der Waals surface area contributed by atoms with Gasteiger partial charge in [0.2, 0.25) is 0 Å². The summed E-state index contributed by atoms with van der Waals surface area (Å²) in [6.45, 7) is 4.47. The van der Waals surface area contributed by atoms with E-state index in [0.717, 1.165) is 6.42 Å². The van der Waals surface area contributed by atoms with E-state index < -0.39 is 11.7 Å². The fourth-order valence-electron chi connectivity index (χ4n) is 2.58. The molecule has 2 N–H and O–H groups in total. The molecule has 134 valence electrons. The molecule has 1 amide bonds. The molecule has 0 aromatic heterocycles. The second-order valence-corrected chi connectivity index (χ2v) is 6.88. The second-order valence-electron chi connectivity index (χ2n) is 6.88. The monoisotopic (exact) mass is 347 g/mol. The molecule has 3 nitrogen and oxygen atoms in total. The lowest BCUT2D eigenvalue weighted by Crippen LogP contribution is -2.34. The summed E-state index contributed by atoms with van der Waals surface area (Å²) in [4.78, 5) is 12.2. The number of aliphatic hydroxyl groups excluding tert-OH is 1. The third-order valence-electron chi connectivity index (χ3n) is 4.13. The SMILES string of the molecule is CC(C)(CCCO)CNC(=O)c1ccc(-c2ccc(F)cc2)cc1F. The van der Waals surface area contributed by atoms with Crippen LogP contribution in [0.1, 0.15) is 37.0 Å². The molecule has 0 saturated carbocycles. The number of benzene rings is 2. The quantitative estimate of drug-likeness (QED) is 0.790. The number of carbonyl (C=O) groups is 1. The predicted molar refractivity (Wildman–Crippen MR) is 94.2 cm³/mol. The Balaban J connectivity index is 2.07. The largest absolute Gasteiger partial charge is 0.396 e. The van der Waals surface area contributed by atoms with Gasteiger partial charge >= 0.3 is 0 Å². The molecule has 0 heterocycles. The minimum atomic E-state index is -0.618. The lowest BCUT2D eigenvalue weighted by molar-refractivity contribution is 0.0929. The Hall–Kier alpha value is -2.27. The molecule has 2 aromatic carbocycles. The summed E-state index contributed by atoms with van der Waals surface area (Å²) in [5, 5.41) is 11.6. The van der Waals surface area contributed by atoms with E-state index >= 15 is 0 Å². The van der Waals surface area contributed by atoms with Crippen LogP contribution in [0.5, 0.6) is 0 Å². The van der Waals surface area contributed by atoms with Gasteiger partial charge < -0.3 is 10.4 Å². The Bertz CT molecular complexity index is 727. The molecular weight excluding hydrogens is 324 g/mol. The van der Waals surface area contributed by atoms with E-state index in [9.17, 15) is 13.6 Å². The second kappa shape index (κ2) is 8.21. The normalized spacial score (nSPS) is 11.4. The van der Waals surface area contributed by atoms with Crippen LogP contribution in [0, 0.1) is 17.0 Å². The summed E-state index contributed by atoms with van der Waals surface area (Å²) in [6, 6.07) is 10.1. The smallest absolute Gasteiger partial charge is 0.254 e. The fraction of sp³-hybridized carbons (Fsp3) is 0.350. The van der Waals surface area contributed by atoms with Crippen LogP contribution in [0.2, 0.25) is 0 Å². The highest BCUT2D eigenvalue weighted by Crippen LogP contribution is 2.23. The van der Waals surface area contributed by atoms with Crippen LogP contribution in [0.15, 0.2) is 42.5 Å². The van der Waals surface area contributed by atoms with Crippen molar-refractivity contribution < 1.29 is 18.7 Å². The third kappa shape index (κ3) is 5.36. The van der Waals surface area contributed by atoms with Crippen LogP contribution < -0.4 is 5.32 Å². The van der Waals surface area contributed by atoms with E-state index in [1.165, 1.54) is 24.3 Å². The molecule has 2 rings (SSSR count). The van der Waals surface area contributed by atoms with E-state index in [1.807, 2.05) is 13.8 Å². The standard InChI is InChI=1S/C20H23F2NO2/c1-20(2,10-3-11-24)13-23-19(25)17-9-6-15(12-18(17)22)14-4-7-16(21)8-5-14/h4-9,12,24H,3,10-11,13H2,1-2H3,(H,23,25). The molecule has 0 saturated heterocycles. The summed E-state index contributed by atoms with van der Waals surface area (Å²) < 4.78 is 27.3. The molecule has 25 heavy (non-hydrogen) atoms. The van der Waals surface area contributed by atoms with Crippen LogP contribution in [-0.2, 0) is 0 Å². The zero-order valence-corrected chi connectivity index (χ0v) is 14.5. The van der Waals surface area contributed by atoms with Crippen molar-refractivity contribution in [3.8, 4) is 11.1 Å². The Morgan fingerprint density at radius 1 is 1.08 bits per heavy atom. The van der Waals surface area contributed by atoms with Crippen molar-refractivity contribution in [3.63, 3.8) is 0 Å². The summed E-state index contributed by atoms with van der Waals surface area (Å²) in [6.07, 6.45) is 1.42. The first kappa shape index (κ1) is 19.1. The highest BCUT2D eigenvalue weighted by Gasteiger charge is 2.20. The summed E-state index contributed by atoms with van der Waals surface area (Å²) >= 11 is 0. The van der Waals surface area contributed by atoms with Crippen LogP contribution in [0.3, 0.4) is 0 Å². The Kier molecular flexibility index (Phi) is 6.26. The number of aliphatic hydroxyl groups is 1. The van der Waals surface area contributed by atoms with Crippen molar-refractivity contribution >= 4 is 5.91 Å². The van der Waals surface area contributed by atoms with Gasteiger partial charge in [-0.3, -0.25) is 4.79 Å². The number of carbonyl (C=O) groups excluding carboxylic acids is 1. The van der Waals surface area contributed by atoms with Crippen molar-refractivity contribution in [2.45, 2.75) is 26.7 Å². The summed E-state index contributed by atoms with van der Waals surface area (Å²) in [7, 11) is 0. The predicted octanol–water partition coefficient (Wildman–Crippen LogP) is 4.16. The molecule has 0 fully saturated rings. The van der Waals surface area contributed by atoms with Gasteiger partial charge in [-0.15, -0.1) is 0 Å². The van der Waals surface area contributed by atoms with Gasteiger partial charge in [-0.1, -0.05) is 32.0 Å². The zero-order chi connectivity index (χ0) is 18.4. The molecule has 5 heteroatoms. The molecule has 0 aliphatic carbocycles. The van der Waals surface area contributed by atoms with Gasteiger partial charge in [-0.25, -0.2) is 8.78 Å². The first-order valence-corrected chi connectivity index (χ1v) is 8.27. The molecule has 0 unspecified atom stereocenters. The molecule has 0 aliphatic rings. The number of nitrogens with one attached hydrogen (secondary N) is 1. The number of hydrogen-bond donors (Lipinski definition) is 2. The first-order chi connectivity index (χ1) is 11.8. The lowest BCUT2D eigenvalue weighted by Gasteiger charge is -2.24. The Labute approximate surface area is 146 Å². The van der Waals surface area contributed by atoms with Crippen LogP contribution in [-0.4, -0.2) is 24.2 Å². The van der Waals surface area contributed by atoms with Crippen molar-refractivity contribution in [2.24, 2.45) is 5.41 Å². The average molecular weight is 347 g/mol. The molecule has 0 bridgehead atoms. The van der Waals surface area contributed by atoms with E-state index in [2.05, 4.69) is 5.32 Å². The topological polar surface area (TPSA) is 49.3 Å². The van der Waals surface area contributed by atoms with Gasteiger partial charge in [0.1, 0.15) is 11.6 Å². The van der Waals surface area contributed by atoms with Gasteiger partial charge in [0, 0.05) is 13.2 Å². The fourth-order valence-corrected chi connectivity index (χ4v) is 2.58. The van der Waals surface area contributed by atoms with Crippen LogP contribution >= 0.6 is 0 Å². The maximum atomic E-state index is 14.3. The van der Waals surface area contributed by atoms with E-state index in [-0.39, 0.29) is 23.4 Å². The highest BCUT2D eigenvalue weighted by atomic mass is 19.1. The molecule has 0 radical (unpaired) electrons. The van der Waals surface area contributed by atoms with E-state index in [4.69, 9.17) is 5.11 Å². The van der Waals surface area contributed by atoms with Crippen molar-refractivity contribution in [1.82, 2.24) is 5.32 Å². The van der Waals surface area contributed by atoms with Crippen LogP contribution in [0.25, 0.3) is 11.1 Å². The molecule has 0 aliphatic heterocycles. The molecule has 0 spiro atoms. The Morgan fingerprint density at radius 2 is 1.72 bits per heavy atom. The lowest BCUT2D eigenvalue weighted by atomic mass is 9.88. The number of rotatable bonds is 7. The van der Waals surface area contributed by atoms with Crippen molar-refractivity contribution in [1.29, 1.82) is 0 Å². The molecule has 0 atom stereocenters. The van der Waals surface area contributed by atoms with Gasteiger partial charge in [-0.2, -0.15) is 0 Å². The minimum Gasteiger partial charge on any atom is -0.396 e. The maximum absolute atomic E-state index is 14.3. The molecular formula is C20H23F2NO2. The van der Waals surface area contributed by atoms with Gasteiger partial charge in [0.15, 0.2) is 0 Å². The van der Waals surface area contributed by atoms with Gasteiger partial charge in [0.25, 0.3) is 5.91 Å². The summed E-state index contributed by atoms with van der Waals surface area (Å²) in [5.41, 5.74) is 1.06. The van der Waals surface area contributed by atoms with Gasteiger partial charge in [0.05, 0.1) is 5.56 Å². The van der Waals surface area contributed by atoms with E-state index in [0.29, 0.717) is 24.1 Å². The summed E-state index contributed by atoms with van der Waals surface area (Å²) in [5.74, 6) is -1.45. The average Bonchev–Trinajstić information content (AvgIpc) is 2.58.